The number of halogens is 6. The number of Topliss-reactive ketones (excluding diaryl/α,β-unsaturated/α-hetero) is 2. The number of carbonyl (C=O) groups is 6. The summed E-state index contributed by atoms with van der Waals surface area (Å²) in [5.41, 5.74) is 4.82. The highest BCUT2D eigenvalue weighted by molar-refractivity contribution is 6.48. The van der Waals surface area contributed by atoms with Crippen LogP contribution in [0.2, 0.25) is 10.0 Å². The number of nitrogens with one attached hydrogen (secondary N) is 3. The van der Waals surface area contributed by atoms with Crippen LogP contribution < -0.4 is 21.7 Å². The molecule has 17 nitrogen and oxygen atoms in total. The van der Waals surface area contributed by atoms with Crippen LogP contribution in [0, 0.1) is 23.3 Å². The molecule has 23 heteroatoms. The lowest BCUT2D eigenvalue weighted by atomic mass is 9.90. The predicted molar refractivity (Wildman–Crippen MR) is 242 cm³/mol. The summed E-state index contributed by atoms with van der Waals surface area (Å²) in [6, 6.07) is 6.18. The topological polar surface area (TPSA) is 232 Å². The first kappa shape index (κ1) is 52.5. The van der Waals surface area contributed by atoms with E-state index >= 15 is 0 Å². The highest BCUT2D eigenvalue weighted by Crippen LogP contribution is 2.36. The molecule has 4 aliphatic heterocycles. The molecule has 2 aromatic heterocycles. The number of amides is 3. The second-order valence-electron chi connectivity index (χ2n) is 16.8. The number of ketones is 2. The smallest absolute Gasteiger partial charge is 0.339 e. The van der Waals surface area contributed by atoms with Crippen molar-refractivity contribution in [2.45, 2.75) is 75.5 Å². The fraction of sp³-hybridized carbons (Fsp3) is 0.435. The van der Waals surface area contributed by atoms with Gasteiger partial charge in [0.25, 0.3) is 29.3 Å². The molecule has 0 bridgehead atoms. The van der Waals surface area contributed by atoms with E-state index in [9.17, 15) is 51.4 Å². The van der Waals surface area contributed by atoms with Crippen LogP contribution in [-0.4, -0.2) is 114 Å². The van der Waals surface area contributed by atoms with Crippen LogP contribution in [0.15, 0.2) is 36.4 Å². The number of carboxylic acid groups (broad SMARTS) is 1. The summed E-state index contributed by atoms with van der Waals surface area (Å²) in [4.78, 5) is 76.1. The van der Waals surface area contributed by atoms with Gasteiger partial charge in [-0.1, -0.05) is 23.2 Å². The van der Waals surface area contributed by atoms with E-state index in [-0.39, 0.29) is 57.1 Å². The minimum absolute atomic E-state index is 0.0320. The first-order valence-electron chi connectivity index (χ1n) is 21.8. The van der Waals surface area contributed by atoms with Crippen molar-refractivity contribution < 1.29 is 70.4 Å². The first-order chi connectivity index (χ1) is 32.9. The van der Waals surface area contributed by atoms with Gasteiger partial charge in [-0.3, -0.25) is 24.0 Å². The second-order valence-corrected chi connectivity index (χ2v) is 17.5. The molecule has 2 saturated heterocycles. The number of carbonyl (C=O) groups excluding carboxylic acids is 5. The third-order valence-electron chi connectivity index (χ3n) is 12.1. The van der Waals surface area contributed by atoms with Gasteiger partial charge in [-0.15, -0.1) is 0 Å². The highest BCUT2D eigenvalue weighted by Gasteiger charge is 2.41. The van der Waals surface area contributed by atoms with Crippen molar-refractivity contribution in [1.29, 1.82) is 0 Å². The summed E-state index contributed by atoms with van der Waals surface area (Å²) in [7, 11) is 3.04. The van der Waals surface area contributed by atoms with Crippen LogP contribution in [0.1, 0.15) is 91.6 Å². The van der Waals surface area contributed by atoms with Crippen molar-refractivity contribution >= 4 is 69.8 Å². The lowest BCUT2D eigenvalue weighted by Gasteiger charge is -2.37. The van der Waals surface area contributed by atoms with Crippen molar-refractivity contribution in [3.05, 3.63) is 104 Å². The van der Waals surface area contributed by atoms with E-state index in [1.807, 2.05) is 0 Å². The zero-order chi connectivity index (χ0) is 50.2. The molecule has 0 spiro atoms. The maximum atomic E-state index is 13.5. The number of hydrogen-bond donors (Lipinski definition) is 5. The number of aromatic nitrogens is 2. The van der Waals surface area contributed by atoms with Crippen molar-refractivity contribution in [2.24, 2.45) is 0 Å². The van der Waals surface area contributed by atoms with Crippen LogP contribution in [0.25, 0.3) is 0 Å². The Balaban J connectivity index is 0.000000196. The molecule has 0 unspecified atom stereocenters. The number of nitrogens with two attached hydrogens (primary N) is 1. The van der Waals surface area contributed by atoms with Crippen LogP contribution in [-0.2, 0) is 54.5 Å². The zero-order valence-electron chi connectivity index (χ0n) is 37.5. The molecule has 0 radical (unpaired) electrons. The van der Waals surface area contributed by atoms with Crippen molar-refractivity contribution in [1.82, 2.24) is 19.8 Å². The van der Waals surface area contributed by atoms with Gasteiger partial charge in [-0.2, -0.15) is 0 Å². The molecular formula is C46H50Cl2F4N6O11. The van der Waals surface area contributed by atoms with Crippen LogP contribution >= 0.6 is 23.2 Å². The fourth-order valence-corrected chi connectivity index (χ4v) is 9.52. The molecule has 69 heavy (non-hydrogen) atoms. The van der Waals surface area contributed by atoms with Gasteiger partial charge >= 0.3 is 5.97 Å². The van der Waals surface area contributed by atoms with Crippen LogP contribution in [0.5, 0.6) is 0 Å². The summed E-state index contributed by atoms with van der Waals surface area (Å²) in [6.07, 6.45) is 4.38. The Labute approximate surface area is 402 Å². The highest BCUT2D eigenvalue weighted by atomic mass is 35.5. The van der Waals surface area contributed by atoms with E-state index < -0.39 is 69.6 Å². The third-order valence-corrected chi connectivity index (χ3v) is 12.9. The average molecular weight is 1010 g/mol. The Morgan fingerprint density at radius 3 is 1.54 bits per heavy atom. The molecule has 6 heterocycles. The summed E-state index contributed by atoms with van der Waals surface area (Å²) < 4.78 is 75.3. The van der Waals surface area contributed by atoms with Crippen molar-refractivity contribution in [2.75, 3.05) is 64.9 Å². The number of methoxy groups -OCH3 is 2. The SMILES string of the molecule is COCC1(NC(=O)C(=O)c2c(Cl)c(C(=O)Nc3ccc(F)c(F)c3)c3n2CCC3)CCOCC1.COCC1(NC(=O)C(=O)c2c(Cl)c(C(=O)O)c3n2CCC3)CCOCC1.Nc1ccc(F)c(F)c1. The Kier molecular flexibility index (Phi) is 17.3. The summed E-state index contributed by atoms with van der Waals surface area (Å²) in [5.74, 6) is -9.15. The van der Waals surface area contributed by atoms with Gasteiger partial charge in [0.05, 0.1) is 45.5 Å². The largest absolute Gasteiger partial charge is 0.478 e. The molecule has 0 atom stereocenters. The van der Waals surface area contributed by atoms with Gasteiger partial charge in [-0.05, 0) is 81.7 Å². The van der Waals surface area contributed by atoms with Gasteiger partial charge in [-0.25, -0.2) is 22.4 Å². The Hall–Kier alpha value is -5.84. The van der Waals surface area contributed by atoms with Crippen molar-refractivity contribution in [3.8, 4) is 0 Å². The monoisotopic (exact) mass is 1010 g/mol. The molecule has 0 aliphatic carbocycles. The number of nitrogens with zero attached hydrogens (tertiary/aromatic N) is 2. The summed E-state index contributed by atoms with van der Waals surface area (Å²) in [6.45, 7) is 3.13. The molecule has 2 aromatic carbocycles. The number of anilines is 2. The van der Waals surface area contributed by atoms with Crippen LogP contribution in [0.3, 0.4) is 0 Å². The summed E-state index contributed by atoms with van der Waals surface area (Å²) >= 11 is 12.7. The van der Waals surface area contributed by atoms with E-state index in [0.717, 1.165) is 24.3 Å². The summed E-state index contributed by atoms with van der Waals surface area (Å²) in [5, 5.41) is 17.1. The Morgan fingerprint density at radius 2 is 1.12 bits per heavy atom. The molecule has 4 aliphatic rings. The molecule has 2 fully saturated rings. The van der Waals surface area contributed by atoms with Crippen LogP contribution in [0.4, 0.5) is 28.9 Å². The normalized spacial score (nSPS) is 16.4. The minimum atomic E-state index is -1.19. The number of aromatic carboxylic acids is 1. The lowest BCUT2D eigenvalue weighted by molar-refractivity contribution is -0.122. The average Bonchev–Trinajstić information content (AvgIpc) is 4.08. The van der Waals surface area contributed by atoms with E-state index in [4.69, 9.17) is 47.9 Å². The number of ether oxygens (including phenoxy) is 4. The first-order valence-corrected chi connectivity index (χ1v) is 22.5. The molecule has 4 aromatic rings. The number of carboxylic acids is 1. The van der Waals surface area contributed by atoms with E-state index in [0.29, 0.717) is 102 Å². The molecule has 8 rings (SSSR count). The lowest BCUT2D eigenvalue weighted by Crippen LogP contribution is -2.56. The van der Waals surface area contributed by atoms with Gasteiger partial charge < -0.3 is 54.9 Å². The number of benzene rings is 2. The second kappa shape index (κ2) is 22.7. The van der Waals surface area contributed by atoms with E-state index in [1.54, 1.807) is 9.13 Å². The maximum Gasteiger partial charge on any atom is 0.339 e. The number of nitrogen functional groups attached to an aromatic ring is 1. The Morgan fingerprint density at radius 1 is 0.681 bits per heavy atom. The predicted octanol–water partition coefficient (Wildman–Crippen LogP) is 5.94. The van der Waals surface area contributed by atoms with E-state index in [2.05, 4.69) is 16.0 Å². The standard InChI is InChI=1S/C23H24ClF2N3O5.C17H21ClN2O6.C6H5F2N/c1-33-12-23(6-9-34-10-7-23)28-22(32)20(30)19-18(24)17(16-3-2-8-29(16)19)21(31)27-13-4-5-14(25)15(26)11-13;1-25-9-17(4-7-26-8-5-17)19-15(22)14(21)13-12(18)11(16(23)24)10-3-2-6-20(10)13;7-5-2-1-4(9)3-6(5)8/h4-5,11H,2-3,6-10,12H2,1H3,(H,27,31)(H,28,32);2-9H2,1H3,(H,19,22)(H,23,24);1-3H,9H2. The zero-order valence-corrected chi connectivity index (χ0v) is 39.1. The molecule has 3 amide bonds. The molecule has 6 N–H and O–H groups in total. The van der Waals surface area contributed by atoms with Gasteiger partial charge in [0.15, 0.2) is 23.3 Å². The molecular weight excluding hydrogens is 959 g/mol. The number of fused-ring (bicyclic) bond motifs is 2. The van der Waals surface area contributed by atoms with E-state index in [1.165, 1.54) is 26.4 Å². The quantitative estimate of drug-likeness (QED) is 0.0454. The maximum absolute atomic E-state index is 13.5. The molecule has 372 valence electrons. The fourth-order valence-electron chi connectivity index (χ4n) is 8.76. The van der Waals surface area contributed by atoms with Crippen molar-refractivity contribution in [3.63, 3.8) is 0 Å². The molecule has 0 saturated carbocycles. The van der Waals surface area contributed by atoms with Gasteiger partial charge in [0.1, 0.15) is 11.4 Å². The Bertz CT molecular complexity index is 2620. The number of rotatable bonds is 13. The number of hydrogen-bond acceptors (Lipinski definition) is 11. The van der Waals surface area contributed by atoms with Gasteiger partial charge in [0, 0.05) is 82.6 Å². The van der Waals surface area contributed by atoms with Gasteiger partial charge in [0.2, 0.25) is 0 Å². The third kappa shape index (κ3) is 11.8. The minimum Gasteiger partial charge on any atom is -0.478 e.